The van der Waals surface area contributed by atoms with Crippen LogP contribution in [0.25, 0.3) is 0 Å². The maximum Gasteiger partial charge on any atom is 0.321 e. The first-order valence-corrected chi connectivity index (χ1v) is 9.71. The Kier molecular flexibility index (Phi) is 6.55. The molecule has 27 heavy (non-hydrogen) atoms. The Morgan fingerprint density at radius 3 is 2.63 bits per heavy atom. The normalized spacial score (nSPS) is 18.7. The van der Waals surface area contributed by atoms with Gasteiger partial charge in [-0.3, -0.25) is 4.90 Å². The fraction of sp³-hybridized carbons (Fsp3) is 0.650. The van der Waals surface area contributed by atoms with Crippen molar-refractivity contribution < 1.29 is 18.7 Å². The van der Waals surface area contributed by atoms with Gasteiger partial charge in [0.05, 0.1) is 7.11 Å². The molecule has 2 aliphatic rings. The third-order valence-electron chi connectivity index (χ3n) is 5.26. The molecule has 2 fully saturated rings. The maximum atomic E-state index is 13.8. The summed E-state index contributed by atoms with van der Waals surface area (Å²) in [6, 6.07) is 5.16. The highest BCUT2D eigenvalue weighted by molar-refractivity contribution is 5.90. The third kappa shape index (κ3) is 4.90. The van der Waals surface area contributed by atoms with Crippen LogP contribution >= 0.6 is 0 Å². The predicted molar refractivity (Wildman–Crippen MR) is 103 cm³/mol. The summed E-state index contributed by atoms with van der Waals surface area (Å²) in [6.45, 7) is 8.54. The van der Waals surface area contributed by atoms with Crippen molar-refractivity contribution >= 4 is 11.7 Å². The molecule has 0 bridgehead atoms. The molecule has 1 N–H and O–H groups in total. The number of methoxy groups -OCH3 is 1. The van der Waals surface area contributed by atoms with Crippen molar-refractivity contribution in [1.82, 2.24) is 9.80 Å². The van der Waals surface area contributed by atoms with Gasteiger partial charge in [0.2, 0.25) is 0 Å². The van der Waals surface area contributed by atoms with Gasteiger partial charge in [0.15, 0.2) is 11.6 Å². The molecule has 3 rings (SSSR count). The third-order valence-corrected chi connectivity index (χ3v) is 5.26. The second-order valence-electron chi connectivity index (χ2n) is 7.77. The number of anilines is 1. The summed E-state index contributed by atoms with van der Waals surface area (Å²) >= 11 is 0. The number of amides is 2. The molecule has 0 atom stereocenters. The van der Waals surface area contributed by atoms with Gasteiger partial charge in [0.1, 0.15) is 0 Å². The standard InChI is InChI=1S/C20H30FN3O3/c1-14(2)11-24(16-6-8-27-9-7-16)17-12-23(13-17)20(25)22-15-4-5-19(26-3)18(21)10-15/h4-5,10,14,16-17H,6-9,11-13H2,1-3H3,(H,22,25). The average molecular weight is 379 g/mol. The molecule has 0 aromatic heterocycles. The number of hydrogen-bond donors (Lipinski definition) is 1. The first-order chi connectivity index (χ1) is 13.0. The van der Waals surface area contributed by atoms with E-state index in [1.807, 2.05) is 0 Å². The molecule has 2 aliphatic heterocycles. The lowest BCUT2D eigenvalue weighted by Gasteiger charge is -2.49. The van der Waals surface area contributed by atoms with Crippen LogP contribution in [-0.4, -0.2) is 67.9 Å². The zero-order valence-electron chi connectivity index (χ0n) is 16.4. The van der Waals surface area contributed by atoms with E-state index < -0.39 is 5.82 Å². The van der Waals surface area contributed by atoms with E-state index in [0.29, 0.717) is 36.8 Å². The van der Waals surface area contributed by atoms with E-state index in [1.165, 1.54) is 19.2 Å². The van der Waals surface area contributed by atoms with Crippen molar-refractivity contribution in [3.63, 3.8) is 0 Å². The van der Waals surface area contributed by atoms with Crippen LogP contribution in [0, 0.1) is 11.7 Å². The lowest BCUT2D eigenvalue weighted by atomic mass is 9.98. The predicted octanol–water partition coefficient (Wildman–Crippen LogP) is 3.19. The number of urea groups is 1. The second kappa shape index (κ2) is 8.89. The Hall–Kier alpha value is -1.86. The number of carbonyl (C=O) groups excluding carboxylic acids is 1. The van der Waals surface area contributed by atoms with E-state index >= 15 is 0 Å². The van der Waals surface area contributed by atoms with Crippen LogP contribution in [0.3, 0.4) is 0 Å². The highest BCUT2D eigenvalue weighted by atomic mass is 19.1. The van der Waals surface area contributed by atoms with E-state index in [9.17, 15) is 9.18 Å². The van der Waals surface area contributed by atoms with Gasteiger partial charge in [0, 0.05) is 56.7 Å². The van der Waals surface area contributed by atoms with Gasteiger partial charge < -0.3 is 19.7 Å². The molecule has 0 unspecified atom stereocenters. The fourth-order valence-electron chi connectivity index (χ4n) is 3.81. The Labute approximate surface area is 160 Å². The van der Waals surface area contributed by atoms with Crippen molar-refractivity contribution in [2.75, 3.05) is 45.3 Å². The molecule has 2 heterocycles. The summed E-state index contributed by atoms with van der Waals surface area (Å²) in [6.07, 6.45) is 2.11. The molecule has 150 valence electrons. The summed E-state index contributed by atoms with van der Waals surface area (Å²) in [5.41, 5.74) is 0.435. The van der Waals surface area contributed by atoms with Crippen molar-refractivity contribution in [3.05, 3.63) is 24.0 Å². The smallest absolute Gasteiger partial charge is 0.321 e. The van der Waals surface area contributed by atoms with Gasteiger partial charge >= 0.3 is 6.03 Å². The fourth-order valence-corrected chi connectivity index (χ4v) is 3.81. The van der Waals surface area contributed by atoms with Gasteiger partial charge in [-0.25, -0.2) is 9.18 Å². The number of carbonyl (C=O) groups is 1. The first-order valence-electron chi connectivity index (χ1n) is 9.71. The van der Waals surface area contributed by atoms with Gasteiger partial charge in [-0.2, -0.15) is 0 Å². The number of ether oxygens (including phenoxy) is 2. The van der Waals surface area contributed by atoms with Crippen LogP contribution in [0.4, 0.5) is 14.9 Å². The topological polar surface area (TPSA) is 54.0 Å². The Bertz CT molecular complexity index is 643. The van der Waals surface area contributed by atoms with E-state index in [2.05, 4.69) is 24.1 Å². The van der Waals surface area contributed by atoms with Crippen LogP contribution in [0.1, 0.15) is 26.7 Å². The second-order valence-corrected chi connectivity index (χ2v) is 7.77. The minimum absolute atomic E-state index is 0.165. The highest BCUT2D eigenvalue weighted by Gasteiger charge is 2.38. The molecule has 2 saturated heterocycles. The number of benzene rings is 1. The summed E-state index contributed by atoms with van der Waals surface area (Å²) in [7, 11) is 1.41. The highest BCUT2D eigenvalue weighted by Crippen LogP contribution is 2.26. The molecule has 1 aromatic carbocycles. The summed E-state index contributed by atoms with van der Waals surface area (Å²) in [4.78, 5) is 16.8. The van der Waals surface area contributed by atoms with Crippen LogP contribution in [-0.2, 0) is 4.74 Å². The molecule has 0 saturated carbocycles. The number of rotatable bonds is 6. The largest absolute Gasteiger partial charge is 0.494 e. The Morgan fingerprint density at radius 2 is 2.04 bits per heavy atom. The number of halogens is 1. The van der Waals surface area contributed by atoms with E-state index in [1.54, 1.807) is 11.0 Å². The van der Waals surface area contributed by atoms with E-state index in [0.717, 1.165) is 32.6 Å². The number of nitrogens with one attached hydrogen (secondary N) is 1. The molecule has 1 aromatic rings. The monoisotopic (exact) mass is 379 g/mol. The minimum atomic E-state index is -0.487. The Morgan fingerprint density at radius 1 is 1.33 bits per heavy atom. The average Bonchev–Trinajstić information content (AvgIpc) is 2.60. The van der Waals surface area contributed by atoms with E-state index in [-0.39, 0.29) is 11.8 Å². The molecular formula is C20H30FN3O3. The van der Waals surface area contributed by atoms with Crippen molar-refractivity contribution in [3.8, 4) is 5.75 Å². The van der Waals surface area contributed by atoms with Crippen molar-refractivity contribution in [1.29, 1.82) is 0 Å². The van der Waals surface area contributed by atoms with Gasteiger partial charge in [-0.05, 0) is 30.9 Å². The first kappa shape index (κ1) is 19.9. The number of hydrogen-bond acceptors (Lipinski definition) is 4. The summed E-state index contributed by atoms with van der Waals surface area (Å²) in [5.74, 6) is 0.259. The molecule has 7 heteroatoms. The molecule has 0 radical (unpaired) electrons. The number of likely N-dealkylation sites (tertiary alicyclic amines) is 1. The van der Waals surface area contributed by atoms with Crippen LogP contribution in [0.15, 0.2) is 18.2 Å². The lowest BCUT2D eigenvalue weighted by molar-refractivity contribution is -0.0229. The van der Waals surface area contributed by atoms with Crippen LogP contribution in [0.2, 0.25) is 0 Å². The molecule has 0 aliphatic carbocycles. The molecular weight excluding hydrogens is 349 g/mol. The lowest BCUT2D eigenvalue weighted by Crippen LogP contribution is -2.64. The zero-order chi connectivity index (χ0) is 19.4. The van der Waals surface area contributed by atoms with Gasteiger partial charge in [-0.15, -0.1) is 0 Å². The van der Waals surface area contributed by atoms with Crippen LogP contribution < -0.4 is 10.1 Å². The van der Waals surface area contributed by atoms with Crippen molar-refractivity contribution in [2.24, 2.45) is 5.92 Å². The van der Waals surface area contributed by atoms with Gasteiger partial charge in [-0.1, -0.05) is 13.8 Å². The molecule has 2 amide bonds. The van der Waals surface area contributed by atoms with Gasteiger partial charge in [0.25, 0.3) is 0 Å². The SMILES string of the molecule is COc1ccc(NC(=O)N2CC(N(CC(C)C)C3CCOCC3)C2)cc1F. The van der Waals surface area contributed by atoms with Crippen LogP contribution in [0.5, 0.6) is 5.75 Å². The Balaban J connectivity index is 1.54. The summed E-state index contributed by atoms with van der Waals surface area (Å²) < 4.78 is 24.2. The number of nitrogens with zero attached hydrogens (tertiary/aromatic N) is 2. The minimum Gasteiger partial charge on any atom is -0.494 e. The molecule has 6 nitrogen and oxygen atoms in total. The quantitative estimate of drug-likeness (QED) is 0.825. The zero-order valence-corrected chi connectivity index (χ0v) is 16.4. The van der Waals surface area contributed by atoms with Crippen molar-refractivity contribution in [2.45, 2.75) is 38.8 Å². The maximum absolute atomic E-state index is 13.8. The summed E-state index contributed by atoms with van der Waals surface area (Å²) in [5, 5.41) is 2.77. The van der Waals surface area contributed by atoms with E-state index in [4.69, 9.17) is 9.47 Å². The molecule has 0 spiro atoms.